The van der Waals surface area contributed by atoms with Crippen molar-refractivity contribution < 1.29 is 9.47 Å². The number of hydrogen-bond acceptors (Lipinski definition) is 4. The van der Waals surface area contributed by atoms with E-state index in [0.29, 0.717) is 6.54 Å². The summed E-state index contributed by atoms with van der Waals surface area (Å²) >= 11 is 0. The molecule has 2 N–H and O–H groups in total. The summed E-state index contributed by atoms with van der Waals surface area (Å²) in [4.78, 5) is 4.60. The fourth-order valence-electron chi connectivity index (χ4n) is 2.37. The minimum atomic E-state index is -0.0251. The number of benzene rings is 1. The highest BCUT2D eigenvalue weighted by molar-refractivity contribution is 14.0. The molecule has 0 aliphatic carbocycles. The Morgan fingerprint density at radius 1 is 1.22 bits per heavy atom. The Labute approximate surface area is 178 Å². The summed E-state index contributed by atoms with van der Waals surface area (Å²) in [5, 5.41) is 10.8. The number of halogens is 1. The van der Waals surface area contributed by atoms with Gasteiger partial charge in [-0.15, -0.1) is 24.0 Å². The van der Waals surface area contributed by atoms with Crippen LogP contribution in [-0.4, -0.2) is 48.6 Å². The first-order valence-electron chi connectivity index (χ1n) is 9.01. The van der Waals surface area contributed by atoms with Gasteiger partial charge in [-0.3, -0.25) is 4.68 Å². The number of rotatable bonds is 10. The average Bonchev–Trinajstić information content (AvgIpc) is 3.17. The lowest BCUT2D eigenvalue weighted by molar-refractivity contribution is 0.230. The van der Waals surface area contributed by atoms with Crippen LogP contribution in [0, 0.1) is 0 Å². The predicted octanol–water partition coefficient (Wildman–Crippen LogP) is 2.92. The van der Waals surface area contributed by atoms with Crippen LogP contribution in [0.4, 0.5) is 0 Å². The lowest BCUT2D eigenvalue weighted by Crippen LogP contribution is -2.38. The molecule has 1 unspecified atom stereocenters. The Kier molecular flexibility index (Phi) is 11.3. The number of aliphatic imine (C=N–C) groups is 1. The third-order valence-corrected chi connectivity index (χ3v) is 3.66. The van der Waals surface area contributed by atoms with Crippen molar-refractivity contribution in [3.63, 3.8) is 0 Å². The second-order valence-corrected chi connectivity index (χ2v) is 5.87. The van der Waals surface area contributed by atoms with Crippen LogP contribution in [0.25, 0.3) is 0 Å². The van der Waals surface area contributed by atoms with Gasteiger partial charge in [0.1, 0.15) is 17.6 Å². The quantitative estimate of drug-likeness (QED) is 0.234. The number of aromatic nitrogens is 2. The summed E-state index contributed by atoms with van der Waals surface area (Å²) in [5.74, 6) is 2.43. The van der Waals surface area contributed by atoms with Crippen molar-refractivity contribution in [3.05, 3.63) is 42.7 Å². The molecule has 1 atom stereocenters. The molecule has 8 heteroatoms. The lowest BCUT2D eigenvalue weighted by Gasteiger charge is -2.15. The van der Waals surface area contributed by atoms with Crippen molar-refractivity contribution in [1.82, 2.24) is 20.4 Å². The first-order valence-corrected chi connectivity index (χ1v) is 9.01. The maximum absolute atomic E-state index is 5.89. The molecule has 0 radical (unpaired) electrons. The second-order valence-electron chi connectivity index (χ2n) is 5.87. The molecule has 0 aliphatic heterocycles. The van der Waals surface area contributed by atoms with Crippen molar-refractivity contribution in [2.75, 3.05) is 26.7 Å². The zero-order valence-electron chi connectivity index (χ0n) is 16.2. The number of ether oxygens (including phenoxy) is 2. The smallest absolute Gasteiger partial charge is 0.191 e. The first kappa shape index (κ1) is 23.1. The molecule has 1 aromatic heterocycles. The number of guanidine groups is 1. The summed E-state index contributed by atoms with van der Waals surface area (Å²) < 4.78 is 13.0. The van der Waals surface area contributed by atoms with Gasteiger partial charge in [0, 0.05) is 32.0 Å². The molecule has 0 spiro atoms. The standard InChI is InChI=1S/C19H29N5O2.HI/c1-4-20-19(21-11-5-13-24-14-6-12-23-24)22-15-16(2)26-18-9-7-17(25-3)8-10-18;/h6-10,12,14,16H,4-5,11,13,15H2,1-3H3,(H2,20,21,22);1H. The molecular weight excluding hydrogens is 457 g/mol. The molecule has 1 heterocycles. The fraction of sp³-hybridized carbons (Fsp3) is 0.474. The van der Waals surface area contributed by atoms with E-state index in [9.17, 15) is 0 Å². The summed E-state index contributed by atoms with van der Waals surface area (Å²) in [5.41, 5.74) is 0. The predicted molar refractivity (Wildman–Crippen MR) is 119 cm³/mol. The van der Waals surface area contributed by atoms with Gasteiger partial charge in [-0.25, -0.2) is 4.99 Å². The number of aryl methyl sites for hydroxylation is 1. The number of hydrogen-bond donors (Lipinski definition) is 2. The van der Waals surface area contributed by atoms with Crippen molar-refractivity contribution >= 4 is 29.9 Å². The maximum Gasteiger partial charge on any atom is 0.191 e. The molecule has 1 aromatic carbocycles. The average molecular weight is 487 g/mol. The Morgan fingerprint density at radius 2 is 1.96 bits per heavy atom. The van der Waals surface area contributed by atoms with Gasteiger partial charge in [-0.1, -0.05) is 0 Å². The molecule has 150 valence electrons. The summed E-state index contributed by atoms with van der Waals surface area (Å²) in [7, 11) is 1.65. The molecule has 7 nitrogen and oxygen atoms in total. The van der Waals surface area contributed by atoms with Gasteiger partial charge in [0.15, 0.2) is 5.96 Å². The van der Waals surface area contributed by atoms with Crippen molar-refractivity contribution in [2.24, 2.45) is 4.99 Å². The van der Waals surface area contributed by atoms with E-state index in [0.717, 1.165) is 43.5 Å². The summed E-state index contributed by atoms with van der Waals surface area (Å²) in [6, 6.07) is 9.51. The minimum absolute atomic E-state index is 0. The van der Waals surface area contributed by atoms with Gasteiger partial charge in [-0.05, 0) is 50.6 Å². The third-order valence-electron chi connectivity index (χ3n) is 3.66. The van der Waals surface area contributed by atoms with E-state index < -0.39 is 0 Å². The molecule has 2 aromatic rings. The van der Waals surface area contributed by atoms with Crippen molar-refractivity contribution in [1.29, 1.82) is 0 Å². The van der Waals surface area contributed by atoms with E-state index >= 15 is 0 Å². The molecule has 0 aliphatic rings. The topological polar surface area (TPSA) is 72.7 Å². The monoisotopic (exact) mass is 487 g/mol. The van der Waals surface area contributed by atoms with E-state index in [-0.39, 0.29) is 30.1 Å². The Bertz CT molecular complexity index is 647. The normalized spacial score (nSPS) is 12.0. The first-order chi connectivity index (χ1) is 12.7. The highest BCUT2D eigenvalue weighted by atomic mass is 127. The lowest BCUT2D eigenvalue weighted by atomic mass is 10.3. The van der Waals surface area contributed by atoms with Crippen LogP contribution >= 0.6 is 24.0 Å². The van der Waals surface area contributed by atoms with Crippen LogP contribution in [-0.2, 0) is 6.54 Å². The van der Waals surface area contributed by atoms with Crippen LogP contribution in [0.3, 0.4) is 0 Å². The number of nitrogens with zero attached hydrogens (tertiary/aromatic N) is 3. The van der Waals surface area contributed by atoms with E-state index in [1.807, 2.05) is 48.1 Å². The number of nitrogens with one attached hydrogen (secondary N) is 2. The maximum atomic E-state index is 5.89. The van der Waals surface area contributed by atoms with Crippen LogP contribution in [0.2, 0.25) is 0 Å². The van der Waals surface area contributed by atoms with Crippen molar-refractivity contribution in [3.8, 4) is 11.5 Å². The van der Waals surface area contributed by atoms with Crippen LogP contribution < -0.4 is 20.1 Å². The zero-order valence-corrected chi connectivity index (χ0v) is 18.6. The van der Waals surface area contributed by atoms with Gasteiger partial charge >= 0.3 is 0 Å². The van der Waals surface area contributed by atoms with Crippen LogP contribution in [0.1, 0.15) is 20.3 Å². The van der Waals surface area contributed by atoms with E-state index in [2.05, 4.69) is 27.6 Å². The molecule has 27 heavy (non-hydrogen) atoms. The minimum Gasteiger partial charge on any atom is -0.497 e. The Hall–Kier alpha value is -1.97. The SMILES string of the molecule is CCNC(=NCC(C)Oc1ccc(OC)cc1)NCCCn1cccn1.I. The zero-order chi connectivity index (χ0) is 18.6. The molecule has 2 rings (SSSR count). The van der Waals surface area contributed by atoms with Gasteiger partial charge in [0.25, 0.3) is 0 Å². The largest absolute Gasteiger partial charge is 0.497 e. The van der Waals surface area contributed by atoms with Gasteiger partial charge in [0.2, 0.25) is 0 Å². The van der Waals surface area contributed by atoms with E-state index in [4.69, 9.17) is 9.47 Å². The fourth-order valence-corrected chi connectivity index (χ4v) is 2.37. The van der Waals surface area contributed by atoms with Gasteiger partial charge < -0.3 is 20.1 Å². The molecule has 0 amide bonds. The molecule has 0 saturated heterocycles. The highest BCUT2D eigenvalue weighted by Crippen LogP contribution is 2.18. The van der Waals surface area contributed by atoms with Gasteiger partial charge in [-0.2, -0.15) is 5.10 Å². The molecule has 0 fully saturated rings. The highest BCUT2D eigenvalue weighted by Gasteiger charge is 2.05. The van der Waals surface area contributed by atoms with Crippen LogP contribution in [0.15, 0.2) is 47.7 Å². The Morgan fingerprint density at radius 3 is 2.59 bits per heavy atom. The Balaban J connectivity index is 0.00000364. The summed E-state index contributed by atoms with van der Waals surface area (Å²) in [6.45, 7) is 7.17. The third kappa shape index (κ3) is 8.98. The molecule has 0 bridgehead atoms. The molecule has 0 saturated carbocycles. The van der Waals surface area contributed by atoms with E-state index in [1.54, 1.807) is 13.3 Å². The molecular formula is C19H30IN5O2. The van der Waals surface area contributed by atoms with E-state index in [1.165, 1.54) is 0 Å². The van der Waals surface area contributed by atoms with Gasteiger partial charge in [0.05, 0.1) is 13.7 Å². The van der Waals surface area contributed by atoms with Crippen LogP contribution in [0.5, 0.6) is 11.5 Å². The van der Waals surface area contributed by atoms with Crippen molar-refractivity contribution in [2.45, 2.75) is 32.9 Å². The second kappa shape index (κ2) is 13.2. The summed E-state index contributed by atoms with van der Waals surface area (Å²) in [6.07, 6.45) is 4.72. The number of methoxy groups -OCH3 is 1.